The molecule has 0 aliphatic rings. The van der Waals surface area contributed by atoms with E-state index in [0.717, 1.165) is 0 Å². The molecule has 0 bridgehead atoms. The summed E-state index contributed by atoms with van der Waals surface area (Å²) >= 11 is 0. The van der Waals surface area contributed by atoms with Gasteiger partial charge in [-0.3, -0.25) is 0 Å². The molecular weight excluding hydrogens is 204 g/mol. The number of benzene rings is 1. The highest BCUT2D eigenvalue weighted by atomic mass is 35.5. The van der Waals surface area contributed by atoms with Crippen LogP contribution in [0.25, 0.3) is 0 Å². The number of carboxylic acid groups (broad SMARTS) is 1. The number of halogens is 1. The van der Waals surface area contributed by atoms with Gasteiger partial charge in [0.2, 0.25) is 0 Å². The smallest absolute Gasteiger partial charge is 0.347 e. The fraction of sp³-hybridized carbons (Fsp3) is 0.300. The Morgan fingerprint density at radius 1 is 1.29 bits per heavy atom. The highest BCUT2D eigenvalue weighted by Gasteiger charge is 2.29. The minimum absolute atomic E-state index is 0. The summed E-state index contributed by atoms with van der Waals surface area (Å²) < 4.78 is 5.26. The summed E-state index contributed by atoms with van der Waals surface area (Å²) in [6.07, 6.45) is 0. The lowest BCUT2D eigenvalue weighted by atomic mass is 10.1. The Balaban J connectivity index is 0.00000169. The molecule has 1 aromatic rings. The van der Waals surface area contributed by atoms with Crippen molar-refractivity contribution in [2.24, 2.45) is 0 Å². The zero-order chi connectivity index (χ0) is 9.90. The van der Waals surface area contributed by atoms with Gasteiger partial charge in [0.1, 0.15) is 5.75 Å². The summed E-state index contributed by atoms with van der Waals surface area (Å²) in [5.74, 6) is -0.411. The first kappa shape index (κ1) is 12.8. The van der Waals surface area contributed by atoms with Crippen LogP contribution in [0.4, 0.5) is 0 Å². The van der Waals surface area contributed by atoms with E-state index in [1.165, 1.54) is 13.8 Å². The minimum atomic E-state index is -1.18. The van der Waals surface area contributed by atoms with Crippen LogP contribution in [0.3, 0.4) is 0 Å². The van der Waals surface area contributed by atoms with Crippen LogP contribution in [-0.4, -0.2) is 16.7 Å². The lowest BCUT2D eigenvalue weighted by molar-refractivity contribution is -0.152. The first-order chi connectivity index (χ1) is 6.02. The van der Waals surface area contributed by atoms with Crippen LogP contribution in [0.1, 0.15) is 13.8 Å². The molecule has 0 atom stereocenters. The van der Waals surface area contributed by atoms with Crippen molar-refractivity contribution < 1.29 is 14.6 Å². The van der Waals surface area contributed by atoms with Crippen molar-refractivity contribution in [1.29, 1.82) is 0 Å². The van der Waals surface area contributed by atoms with Crippen LogP contribution in [0, 0.1) is 0 Å². The number of ether oxygens (including phenoxy) is 1. The molecule has 1 N–H and O–H groups in total. The second-order valence-electron chi connectivity index (χ2n) is 3.23. The van der Waals surface area contributed by atoms with Gasteiger partial charge >= 0.3 is 5.97 Å². The average molecular weight is 217 g/mol. The van der Waals surface area contributed by atoms with E-state index >= 15 is 0 Å². The Kier molecular flexibility index (Phi) is 4.44. The van der Waals surface area contributed by atoms with E-state index in [1.807, 2.05) is 6.07 Å². The van der Waals surface area contributed by atoms with Crippen LogP contribution < -0.4 is 4.74 Å². The second-order valence-corrected chi connectivity index (χ2v) is 3.23. The van der Waals surface area contributed by atoms with Crippen molar-refractivity contribution in [3.05, 3.63) is 30.3 Å². The van der Waals surface area contributed by atoms with E-state index in [-0.39, 0.29) is 12.4 Å². The van der Waals surface area contributed by atoms with Gasteiger partial charge < -0.3 is 9.84 Å². The van der Waals surface area contributed by atoms with Gasteiger partial charge in [0, 0.05) is 0 Å². The summed E-state index contributed by atoms with van der Waals surface area (Å²) in [4.78, 5) is 10.7. The van der Waals surface area contributed by atoms with Crippen LogP contribution in [-0.2, 0) is 4.79 Å². The molecule has 0 saturated carbocycles. The first-order valence-electron chi connectivity index (χ1n) is 4.00. The summed E-state index contributed by atoms with van der Waals surface area (Å²) in [6, 6.07) is 8.90. The summed E-state index contributed by atoms with van der Waals surface area (Å²) in [6.45, 7) is 3.03. The molecule has 0 spiro atoms. The zero-order valence-electron chi connectivity index (χ0n) is 8.06. The Morgan fingerprint density at radius 3 is 2.21 bits per heavy atom. The lowest BCUT2D eigenvalue weighted by Gasteiger charge is -2.21. The van der Waals surface area contributed by atoms with E-state index in [0.29, 0.717) is 5.75 Å². The van der Waals surface area contributed by atoms with Gasteiger partial charge in [0.25, 0.3) is 0 Å². The van der Waals surface area contributed by atoms with E-state index in [1.54, 1.807) is 24.3 Å². The molecule has 0 heterocycles. The van der Waals surface area contributed by atoms with Crippen molar-refractivity contribution in [2.45, 2.75) is 19.4 Å². The van der Waals surface area contributed by atoms with E-state index in [2.05, 4.69) is 0 Å². The van der Waals surface area contributed by atoms with Crippen molar-refractivity contribution >= 4 is 18.4 Å². The summed E-state index contributed by atoms with van der Waals surface area (Å²) in [5, 5.41) is 8.78. The van der Waals surface area contributed by atoms with Gasteiger partial charge in [-0.1, -0.05) is 18.2 Å². The SMILES string of the molecule is CC(C)(Oc1ccccc1)C(=O)O.Cl. The van der Waals surface area contributed by atoms with Crippen LogP contribution in [0.2, 0.25) is 0 Å². The number of hydrogen-bond donors (Lipinski definition) is 1. The second kappa shape index (κ2) is 4.86. The normalized spacial score (nSPS) is 10.1. The topological polar surface area (TPSA) is 46.5 Å². The maximum atomic E-state index is 10.7. The summed E-state index contributed by atoms with van der Waals surface area (Å²) in [7, 11) is 0. The van der Waals surface area contributed by atoms with Crippen molar-refractivity contribution in [1.82, 2.24) is 0 Å². The molecule has 0 aromatic heterocycles. The third-order valence-electron chi connectivity index (χ3n) is 1.63. The number of carboxylic acids is 1. The third-order valence-corrected chi connectivity index (χ3v) is 1.63. The highest BCUT2D eigenvalue weighted by molar-refractivity contribution is 5.85. The fourth-order valence-corrected chi connectivity index (χ4v) is 0.827. The largest absolute Gasteiger partial charge is 0.478 e. The molecule has 14 heavy (non-hydrogen) atoms. The maximum Gasteiger partial charge on any atom is 0.347 e. The van der Waals surface area contributed by atoms with Crippen LogP contribution >= 0.6 is 12.4 Å². The molecule has 0 aliphatic carbocycles. The van der Waals surface area contributed by atoms with Gasteiger partial charge in [0.15, 0.2) is 5.60 Å². The molecule has 0 radical (unpaired) electrons. The van der Waals surface area contributed by atoms with E-state index < -0.39 is 11.6 Å². The number of hydrogen-bond acceptors (Lipinski definition) is 2. The molecule has 4 heteroatoms. The molecule has 1 aromatic carbocycles. The van der Waals surface area contributed by atoms with Gasteiger partial charge in [-0.25, -0.2) is 4.79 Å². The van der Waals surface area contributed by atoms with Gasteiger partial charge in [-0.2, -0.15) is 0 Å². The zero-order valence-corrected chi connectivity index (χ0v) is 8.88. The number of rotatable bonds is 3. The molecule has 0 fully saturated rings. The maximum absolute atomic E-state index is 10.7. The molecule has 0 unspecified atom stereocenters. The Bertz CT molecular complexity index is 295. The third kappa shape index (κ3) is 3.26. The quantitative estimate of drug-likeness (QED) is 0.844. The predicted octanol–water partition coefficient (Wildman–Crippen LogP) is 2.35. The first-order valence-corrected chi connectivity index (χ1v) is 4.00. The molecule has 0 aliphatic heterocycles. The Labute approximate surface area is 89.1 Å². The average Bonchev–Trinajstić information content (AvgIpc) is 2.05. The van der Waals surface area contributed by atoms with Crippen molar-refractivity contribution in [3.63, 3.8) is 0 Å². The van der Waals surface area contributed by atoms with Crippen LogP contribution in [0.5, 0.6) is 5.75 Å². The molecule has 78 valence electrons. The Hall–Kier alpha value is -1.22. The highest BCUT2D eigenvalue weighted by Crippen LogP contribution is 2.17. The molecule has 1 rings (SSSR count). The van der Waals surface area contributed by atoms with Gasteiger partial charge in [-0.15, -0.1) is 12.4 Å². The summed E-state index contributed by atoms with van der Waals surface area (Å²) in [5.41, 5.74) is -1.18. The fourth-order valence-electron chi connectivity index (χ4n) is 0.827. The van der Waals surface area contributed by atoms with Crippen molar-refractivity contribution in [3.8, 4) is 5.75 Å². The minimum Gasteiger partial charge on any atom is -0.478 e. The number of carbonyl (C=O) groups is 1. The standard InChI is InChI=1S/C10H12O3.ClH/c1-10(2,9(11)12)13-8-6-4-3-5-7-8;/h3-7H,1-2H3,(H,11,12);1H. The molecular formula is C10H13ClO3. The molecule has 0 saturated heterocycles. The Morgan fingerprint density at radius 2 is 1.79 bits per heavy atom. The van der Waals surface area contributed by atoms with E-state index in [9.17, 15) is 4.79 Å². The van der Waals surface area contributed by atoms with Gasteiger partial charge in [0.05, 0.1) is 0 Å². The van der Waals surface area contributed by atoms with Crippen LogP contribution in [0.15, 0.2) is 30.3 Å². The number of para-hydroxylation sites is 1. The molecule has 3 nitrogen and oxygen atoms in total. The lowest BCUT2D eigenvalue weighted by Crippen LogP contribution is -2.37. The van der Waals surface area contributed by atoms with Gasteiger partial charge in [-0.05, 0) is 26.0 Å². The predicted molar refractivity (Wildman–Crippen MR) is 56.0 cm³/mol. The van der Waals surface area contributed by atoms with E-state index in [4.69, 9.17) is 9.84 Å². The molecule has 0 amide bonds. The number of aliphatic carboxylic acids is 1. The van der Waals surface area contributed by atoms with Crippen molar-refractivity contribution in [2.75, 3.05) is 0 Å². The monoisotopic (exact) mass is 216 g/mol.